The Kier molecular flexibility index (Phi) is 3.54. The zero-order chi connectivity index (χ0) is 12.5. The van der Waals surface area contributed by atoms with E-state index in [1.807, 2.05) is 0 Å². The Hall–Kier alpha value is -1.14. The van der Waals surface area contributed by atoms with E-state index in [2.05, 4.69) is 0 Å². The number of benzene rings is 1. The van der Waals surface area contributed by atoms with Crippen molar-refractivity contribution < 1.29 is 22.7 Å². The monoisotopic (exact) mass is 237 g/mol. The fourth-order valence-electron chi connectivity index (χ4n) is 1.37. The Morgan fingerprint density at radius 3 is 2.31 bits per heavy atom. The van der Waals surface area contributed by atoms with Gasteiger partial charge in [-0.15, -0.1) is 0 Å². The summed E-state index contributed by atoms with van der Waals surface area (Å²) >= 11 is 0. The van der Waals surface area contributed by atoms with E-state index in [4.69, 9.17) is 5.73 Å². The molecule has 1 rings (SSSR count). The van der Waals surface area contributed by atoms with E-state index in [0.717, 1.165) is 12.1 Å². The Balaban J connectivity index is 3.35. The summed E-state index contributed by atoms with van der Waals surface area (Å²) in [6.07, 6.45) is -6.40. The third-order valence-electron chi connectivity index (χ3n) is 2.15. The molecule has 0 heterocycles. The number of aliphatic hydroxyl groups is 1. The molecule has 3 N–H and O–H groups in total. The molecule has 0 saturated heterocycles. The van der Waals surface area contributed by atoms with Gasteiger partial charge in [0.25, 0.3) is 0 Å². The summed E-state index contributed by atoms with van der Waals surface area (Å²) in [7, 11) is 0. The van der Waals surface area contributed by atoms with Crippen LogP contribution in [0, 0.1) is 5.82 Å². The van der Waals surface area contributed by atoms with Crippen LogP contribution in [-0.2, 0) is 6.18 Å². The van der Waals surface area contributed by atoms with Crippen molar-refractivity contribution in [2.75, 3.05) is 0 Å². The van der Waals surface area contributed by atoms with Crippen LogP contribution in [-0.4, -0.2) is 11.1 Å². The van der Waals surface area contributed by atoms with Gasteiger partial charge in [-0.25, -0.2) is 4.39 Å². The Morgan fingerprint density at radius 2 is 1.88 bits per heavy atom. The number of rotatable bonds is 2. The van der Waals surface area contributed by atoms with Crippen LogP contribution in [0.25, 0.3) is 0 Å². The molecule has 0 amide bonds. The van der Waals surface area contributed by atoms with Gasteiger partial charge in [-0.1, -0.05) is 12.1 Å². The van der Waals surface area contributed by atoms with Crippen LogP contribution in [0.5, 0.6) is 0 Å². The minimum Gasteiger partial charge on any atom is -0.387 e. The molecule has 0 spiro atoms. The molecule has 0 aliphatic rings. The van der Waals surface area contributed by atoms with Crippen molar-refractivity contribution in [3.05, 3.63) is 35.1 Å². The van der Waals surface area contributed by atoms with Crippen molar-refractivity contribution in [1.29, 1.82) is 0 Å². The molecule has 0 bridgehead atoms. The Labute approximate surface area is 89.7 Å². The van der Waals surface area contributed by atoms with Crippen molar-refractivity contribution >= 4 is 0 Å². The maximum atomic E-state index is 13.1. The predicted molar refractivity (Wildman–Crippen MR) is 50.0 cm³/mol. The minimum atomic E-state index is -4.85. The summed E-state index contributed by atoms with van der Waals surface area (Å²) in [4.78, 5) is 0. The van der Waals surface area contributed by atoms with Crippen LogP contribution in [0.2, 0.25) is 0 Å². The topological polar surface area (TPSA) is 46.2 Å². The number of aliphatic hydroxyl groups excluding tert-OH is 1. The Bertz CT molecular complexity index is 376. The zero-order valence-electron chi connectivity index (χ0n) is 8.42. The van der Waals surface area contributed by atoms with Gasteiger partial charge in [0.1, 0.15) is 5.82 Å². The van der Waals surface area contributed by atoms with Crippen LogP contribution in [0.4, 0.5) is 17.6 Å². The van der Waals surface area contributed by atoms with Gasteiger partial charge in [0, 0.05) is 6.04 Å². The maximum Gasteiger partial charge on any atom is 0.419 e. The molecular formula is C10H11F4NO. The molecule has 1 aromatic carbocycles. The van der Waals surface area contributed by atoms with Crippen molar-refractivity contribution in [2.45, 2.75) is 25.2 Å². The first-order chi connectivity index (χ1) is 7.25. The molecule has 0 aromatic heterocycles. The van der Waals surface area contributed by atoms with E-state index < -0.39 is 35.3 Å². The SMILES string of the molecule is C[C@H](N)[C@H](O)c1cccc(F)c1C(F)(F)F. The molecule has 16 heavy (non-hydrogen) atoms. The van der Waals surface area contributed by atoms with Crippen molar-refractivity contribution in [2.24, 2.45) is 5.73 Å². The van der Waals surface area contributed by atoms with Crippen LogP contribution in [0.15, 0.2) is 18.2 Å². The van der Waals surface area contributed by atoms with E-state index in [1.54, 1.807) is 0 Å². The molecule has 90 valence electrons. The lowest BCUT2D eigenvalue weighted by Gasteiger charge is -2.20. The molecule has 0 aliphatic carbocycles. The third kappa shape index (κ3) is 2.51. The molecule has 2 nitrogen and oxygen atoms in total. The van der Waals surface area contributed by atoms with E-state index >= 15 is 0 Å². The summed E-state index contributed by atoms with van der Waals surface area (Å²) < 4.78 is 50.7. The molecular weight excluding hydrogens is 226 g/mol. The zero-order valence-corrected chi connectivity index (χ0v) is 8.42. The first-order valence-corrected chi connectivity index (χ1v) is 4.54. The molecule has 0 fully saturated rings. The summed E-state index contributed by atoms with van der Waals surface area (Å²) in [5.74, 6) is -1.41. The quantitative estimate of drug-likeness (QED) is 0.775. The lowest BCUT2D eigenvalue weighted by Crippen LogP contribution is -2.27. The second-order valence-electron chi connectivity index (χ2n) is 3.51. The second kappa shape index (κ2) is 4.39. The molecule has 6 heteroatoms. The van der Waals surface area contributed by atoms with Crippen LogP contribution in [0.1, 0.15) is 24.2 Å². The van der Waals surface area contributed by atoms with Crippen LogP contribution < -0.4 is 5.73 Å². The first kappa shape index (κ1) is 12.9. The largest absolute Gasteiger partial charge is 0.419 e. The number of hydrogen-bond acceptors (Lipinski definition) is 2. The van der Waals surface area contributed by atoms with Crippen LogP contribution >= 0.6 is 0 Å². The lowest BCUT2D eigenvalue weighted by molar-refractivity contribution is -0.141. The average Bonchev–Trinajstić information content (AvgIpc) is 2.14. The van der Waals surface area contributed by atoms with Gasteiger partial charge in [0.15, 0.2) is 0 Å². The van der Waals surface area contributed by atoms with Gasteiger partial charge in [-0.2, -0.15) is 13.2 Å². The predicted octanol–water partition coefficient (Wildman–Crippen LogP) is 2.23. The molecule has 0 unspecified atom stereocenters. The van der Waals surface area contributed by atoms with Gasteiger partial charge in [-0.3, -0.25) is 0 Å². The van der Waals surface area contributed by atoms with Gasteiger partial charge < -0.3 is 10.8 Å². The van der Waals surface area contributed by atoms with Gasteiger partial charge in [0.05, 0.1) is 11.7 Å². The smallest absolute Gasteiger partial charge is 0.387 e. The normalized spacial score (nSPS) is 15.9. The molecule has 0 radical (unpaired) electrons. The number of hydrogen-bond donors (Lipinski definition) is 2. The molecule has 0 aliphatic heterocycles. The number of alkyl halides is 3. The summed E-state index contributed by atoms with van der Waals surface area (Å²) in [6, 6.07) is 1.90. The minimum absolute atomic E-state index is 0.539. The summed E-state index contributed by atoms with van der Waals surface area (Å²) in [5, 5.41) is 9.47. The fraction of sp³-hybridized carbons (Fsp3) is 0.400. The summed E-state index contributed by atoms with van der Waals surface area (Å²) in [5.41, 5.74) is 3.29. The third-order valence-corrected chi connectivity index (χ3v) is 2.15. The number of nitrogens with two attached hydrogens (primary N) is 1. The second-order valence-corrected chi connectivity index (χ2v) is 3.51. The van der Waals surface area contributed by atoms with E-state index in [0.29, 0.717) is 6.07 Å². The van der Waals surface area contributed by atoms with Gasteiger partial charge in [0.2, 0.25) is 0 Å². The highest BCUT2D eigenvalue weighted by molar-refractivity contribution is 5.33. The van der Waals surface area contributed by atoms with Crippen molar-refractivity contribution in [1.82, 2.24) is 0 Å². The van der Waals surface area contributed by atoms with Crippen molar-refractivity contribution in [3.63, 3.8) is 0 Å². The lowest BCUT2D eigenvalue weighted by atomic mass is 9.97. The van der Waals surface area contributed by atoms with Crippen LogP contribution in [0.3, 0.4) is 0 Å². The van der Waals surface area contributed by atoms with E-state index in [9.17, 15) is 22.7 Å². The number of halogens is 4. The fourth-order valence-corrected chi connectivity index (χ4v) is 1.37. The standard InChI is InChI=1S/C10H11F4NO/c1-5(15)9(16)6-3-2-4-7(11)8(6)10(12,13)14/h2-5,9,16H,15H2,1H3/t5-,9-/m0/s1. The van der Waals surface area contributed by atoms with Gasteiger partial charge in [-0.05, 0) is 18.6 Å². The molecule has 1 aromatic rings. The highest BCUT2D eigenvalue weighted by Crippen LogP contribution is 2.36. The van der Waals surface area contributed by atoms with Crippen molar-refractivity contribution in [3.8, 4) is 0 Å². The van der Waals surface area contributed by atoms with E-state index in [1.165, 1.54) is 6.92 Å². The average molecular weight is 237 g/mol. The summed E-state index contributed by atoms with van der Waals surface area (Å²) in [6.45, 7) is 1.34. The molecule has 2 atom stereocenters. The maximum absolute atomic E-state index is 13.1. The first-order valence-electron chi connectivity index (χ1n) is 4.54. The molecule has 0 saturated carbocycles. The highest BCUT2D eigenvalue weighted by Gasteiger charge is 2.38. The highest BCUT2D eigenvalue weighted by atomic mass is 19.4. The Morgan fingerprint density at radius 1 is 1.31 bits per heavy atom. The van der Waals surface area contributed by atoms with E-state index in [-0.39, 0.29) is 0 Å². The van der Waals surface area contributed by atoms with Gasteiger partial charge >= 0.3 is 6.18 Å².